The van der Waals surface area contributed by atoms with Crippen molar-refractivity contribution >= 4 is 11.6 Å². The summed E-state index contributed by atoms with van der Waals surface area (Å²) in [5.74, 6) is 0.894. The zero-order valence-electron chi connectivity index (χ0n) is 11.6. The van der Waals surface area contributed by atoms with Crippen molar-refractivity contribution in [2.75, 3.05) is 7.05 Å². The van der Waals surface area contributed by atoms with Crippen molar-refractivity contribution in [1.29, 1.82) is 0 Å². The number of pyridine rings is 1. The monoisotopic (exact) mass is 288 g/mol. The van der Waals surface area contributed by atoms with Crippen LogP contribution in [0, 0.1) is 6.92 Å². The lowest BCUT2D eigenvalue weighted by Crippen LogP contribution is -2.26. The van der Waals surface area contributed by atoms with Gasteiger partial charge in [0.1, 0.15) is 11.9 Å². The van der Waals surface area contributed by atoms with Crippen LogP contribution in [-0.4, -0.2) is 12.0 Å². The smallest absolute Gasteiger partial charge is 0.127 e. The average Bonchev–Trinajstić information content (AvgIpc) is 2.47. The number of benzene rings is 1. The predicted octanol–water partition coefficient (Wildman–Crippen LogP) is 3.83. The first-order valence-electron chi connectivity index (χ1n) is 6.73. The fourth-order valence-electron chi connectivity index (χ4n) is 2.59. The van der Waals surface area contributed by atoms with E-state index in [4.69, 9.17) is 16.3 Å². The fourth-order valence-corrected chi connectivity index (χ4v) is 2.77. The average molecular weight is 289 g/mol. The Labute approximate surface area is 123 Å². The maximum Gasteiger partial charge on any atom is 0.127 e. The Hall–Kier alpha value is -1.58. The minimum absolute atomic E-state index is 0.0224. The molecule has 3 nitrogen and oxygen atoms in total. The lowest BCUT2D eigenvalue weighted by molar-refractivity contribution is 0.153. The van der Waals surface area contributed by atoms with E-state index in [-0.39, 0.29) is 12.1 Å². The van der Waals surface area contributed by atoms with Crippen LogP contribution in [0.2, 0.25) is 5.02 Å². The van der Waals surface area contributed by atoms with Crippen LogP contribution < -0.4 is 10.1 Å². The van der Waals surface area contributed by atoms with Crippen LogP contribution in [0.1, 0.15) is 35.4 Å². The van der Waals surface area contributed by atoms with Crippen LogP contribution in [0.25, 0.3) is 0 Å². The van der Waals surface area contributed by atoms with E-state index in [0.29, 0.717) is 0 Å². The molecule has 0 radical (unpaired) electrons. The van der Waals surface area contributed by atoms with Crippen LogP contribution in [-0.2, 0) is 0 Å². The highest BCUT2D eigenvalue weighted by Crippen LogP contribution is 2.41. The van der Waals surface area contributed by atoms with Gasteiger partial charge >= 0.3 is 0 Å². The van der Waals surface area contributed by atoms with E-state index in [1.807, 2.05) is 44.4 Å². The van der Waals surface area contributed by atoms with Crippen molar-refractivity contribution in [3.8, 4) is 5.75 Å². The van der Waals surface area contributed by atoms with Crippen LogP contribution in [0.4, 0.5) is 0 Å². The van der Waals surface area contributed by atoms with E-state index in [1.165, 1.54) is 0 Å². The molecule has 104 valence electrons. The molecule has 0 amide bonds. The van der Waals surface area contributed by atoms with Gasteiger partial charge in [-0.25, -0.2) is 0 Å². The minimum Gasteiger partial charge on any atom is -0.485 e. The molecule has 1 aliphatic rings. The maximum atomic E-state index is 6.11. The van der Waals surface area contributed by atoms with Gasteiger partial charge in [-0.3, -0.25) is 4.98 Å². The van der Waals surface area contributed by atoms with E-state index < -0.39 is 0 Å². The Morgan fingerprint density at radius 3 is 2.85 bits per heavy atom. The highest BCUT2D eigenvalue weighted by atomic mass is 35.5. The molecule has 1 aromatic heterocycles. The van der Waals surface area contributed by atoms with Gasteiger partial charge in [-0.2, -0.15) is 0 Å². The first-order chi connectivity index (χ1) is 9.67. The summed E-state index contributed by atoms with van der Waals surface area (Å²) in [6.07, 6.45) is 2.79. The van der Waals surface area contributed by atoms with Crippen LogP contribution in [0.5, 0.6) is 5.75 Å². The molecule has 1 N–H and O–H groups in total. The number of ether oxygens (including phenoxy) is 1. The second kappa shape index (κ2) is 5.43. The van der Waals surface area contributed by atoms with Gasteiger partial charge < -0.3 is 10.1 Å². The van der Waals surface area contributed by atoms with E-state index in [1.54, 1.807) is 0 Å². The predicted molar refractivity (Wildman–Crippen MR) is 80.2 cm³/mol. The number of halogens is 1. The maximum absolute atomic E-state index is 6.11. The normalized spacial score (nSPS) is 21.1. The van der Waals surface area contributed by atoms with Crippen molar-refractivity contribution in [2.45, 2.75) is 25.5 Å². The number of nitrogens with one attached hydrogen (secondary N) is 1. The van der Waals surface area contributed by atoms with E-state index in [0.717, 1.165) is 34.0 Å². The van der Waals surface area contributed by atoms with Gasteiger partial charge in [-0.05, 0) is 38.2 Å². The molecular weight excluding hydrogens is 272 g/mol. The minimum atomic E-state index is 0.0224. The second-order valence-electron chi connectivity index (χ2n) is 5.10. The number of aryl methyl sites for hydroxylation is 1. The molecule has 20 heavy (non-hydrogen) atoms. The van der Waals surface area contributed by atoms with Gasteiger partial charge in [-0.1, -0.05) is 17.7 Å². The molecule has 2 atom stereocenters. The summed E-state index contributed by atoms with van der Waals surface area (Å²) in [6.45, 7) is 1.99. The summed E-state index contributed by atoms with van der Waals surface area (Å²) in [6, 6.07) is 10.1. The molecule has 1 aliphatic heterocycles. The highest BCUT2D eigenvalue weighted by Gasteiger charge is 2.28. The van der Waals surface area contributed by atoms with Gasteiger partial charge in [0, 0.05) is 40.5 Å². The molecule has 0 fully saturated rings. The third-order valence-electron chi connectivity index (χ3n) is 3.72. The van der Waals surface area contributed by atoms with E-state index >= 15 is 0 Å². The van der Waals surface area contributed by atoms with E-state index in [9.17, 15) is 0 Å². The zero-order valence-corrected chi connectivity index (χ0v) is 12.3. The third kappa shape index (κ3) is 2.51. The number of hydrogen-bond acceptors (Lipinski definition) is 3. The van der Waals surface area contributed by atoms with Gasteiger partial charge in [0.15, 0.2) is 0 Å². The van der Waals surface area contributed by atoms with Gasteiger partial charge in [0.05, 0.1) is 0 Å². The van der Waals surface area contributed by atoms with Crippen molar-refractivity contribution < 1.29 is 4.74 Å². The third-order valence-corrected chi connectivity index (χ3v) is 3.96. The van der Waals surface area contributed by atoms with Crippen LogP contribution >= 0.6 is 11.6 Å². The van der Waals surface area contributed by atoms with Crippen molar-refractivity contribution in [1.82, 2.24) is 10.3 Å². The highest BCUT2D eigenvalue weighted by molar-refractivity contribution is 6.30. The lowest BCUT2D eigenvalue weighted by atomic mass is 9.93. The quantitative estimate of drug-likeness (QED) is 0.912. The largest absolute Gasteiger partial charge is 0.485 e. The lowest BCUT2D eigenvalue weighted by Gasteiger charge is -2.32. The Morgan fingerprint density at radius 1 is 1.30 bits per heavy atom. The molecule has 0 aliphatic carbocycles. The van der Waals surface area contributed by atoms with Crippen LogP contribution in [0.3, 0.4) is 0 Å². The second-order valence-corrected chi connectivity index (χ2v) is 5.53. The van der Waals surface area contributed by atoms with Crippen LogP contribution in [0.15, 0.2) is 36.5 Å². The number of rotatable bonds is 2. The van der Waals surface area contributed by atoms with Crippen molar-refractivity contribution in [3.05, 3.63) is 58.4 Å². The Morgan fingerprint density at radius 2 is 2.15 bits per heavy atom. The molecular formula is C16H17ClN2O. The summed E-state index contributed by atoms with van der Waals surface area (Å²) in [5.41, 5.74) is 3.25. The molecule has 2 aromatic rings. The first-order valence-corrected chi connectivity index (χ1v) is 7.11. The Balaban J connectivity index is 1.94. The number of fused-ring (bicyclic) bond motifs is 1. The van der Waals surface area contributed by atoms with Crippen molar-refractivity contribution in [2.24, 2.45) is 0 Å². The molecule has 0 saturated carbocycles. The number of nitrogens with zero attached hydrogens (tertiary/aromatic N) is 1. The first kappa shape index (κ1) is 13.4. The molecule has 1 aromatic carbocycles. The van der Waals surface area contributed by atoms with Crippen molar-refractivity contribution in [3.63, 3.8) is 0 Å². The molecule has 2 heterocycles. The van der Waals surface area contributed by atoms with Gasteiger partial charge in [-0.15, -0.1) is 0 Å². The SMILES string of the molecule is CNC1CC(c2ccc(C)nc2)Oc2ccc(Cl)cc21. The number of hydrogen-bond donors (Lipinski definition) is 1. The summed E-state index contributed by atoms with van der Waals surface area (Å²) >= 11 is 6.08. The standard InChI is InChI=1S/C16H17ClN2O/c1-10-3-4-11(9-19-10)16-8-14(18-2)13-7-12(17)5-6-15(13)20-16/h3-7,9,14,16,18H,8H2,1-2H3. The number of aromatic nitrogens is 1. The molecule has 3 rings (SSSR count). The molecule has 0 bridgehead atoms. The Bertz CT molecular complexity index is 612. The summed E-state index contributed by atoms with van der Waals surface area (Å²) in [5, 5.41) is 4.08. The molecule has 4 heteroatoms. The molecule has 0 spiro atoms. The fraction of sp³-hybridized carbons (Fsp3) is 0.312. The summed E-state index contributed by atoms with van der Waals surface area (Å²) < 4.78 is 6.11. The summed E-state index contributed by atoms with van der Waals surface area (Å²) in [7, 11) is 1.96. The topological polar surface area (TPSA) is 34.2 Å². The van der Waals surface area contributed by atoms with Gasteiger partial charge in [0.2, 0.25) is 0 Å². The Kier molecular flexibility index (Phi) is 3.64. The summed E-state index contributed by atoms with van der Waals surface area (Å²) in [4.78, 5) is 4.35. The molecule has 0 saturated heterocycles. The zero-order chi connectivity index (χ0) is 14.1. The molecule has 2 unspecified atom stereocenters. The van der Waals surface area contributed by atoms with Gasteiger partial charge in [0.25, 0.3) is 0 Å². The van der Waals surface area contributed by atoms with E-state index in [2.05, 4.69) is 16.4 Å².